The second-order valence-electron chi connectivity index (χ2n) is 21.9. The number of pyridine rings is 1. The molecular weight excluding hydrogens is 975 g/mol. The Balaban J connectivity index is 1.04. The molecule has 18 heteroatoms. The van der Waals surface area contributed by atoms with Crippen molar-refractivity contribution < 1.29 is 33.4 Å². The Morgan fingerprint density at radius 1 is 1.09 bits per heavy atom. The number of thiol groups is 1. The van der Waals surface area contributed by atoms with Gasteiger partial charge in [0.25, 0.3) is 17.7 Å². The van der Waals surface area contributed by atoms with Gasteiger partial charge in [0.2, 0.25) is 5.91 Å². The Hall–Kier alpha value is -5.58. The van der Waals surface area contributed by atoms with Gasteiger partial charge in [-0.3, -0.25) is 38.9 Å². The number of hydrazine groups is 1. The fraction of sp³-hybridized carbons (Fsp3) is 0.554. The Morgan fingerprint density at radius 2 is 1.86 bits per heavy atom. The number of nitrogens with one attached hydrogen (secondary N) is 2. The van der Waals surface area contributed by atoms with E-state index in [2.05, 4.69) is 77.1 Å². The number of carbonyl (C=O) groups excluding carboxylic acids is 5. The van der Waals surface area contributed by atoms with E-state index in [0.717, 1.165) is 81.9 Å². The van der Waals surface area contributed by atoms with Crippen molar-refractivity contribution in [2.75, 3.05) is 53.5 Å². The molecule has 7 heterocycles. The Morgan fingerprint density at radius 3 is 2.58 bits per heavy atom. The number of aryl methyl sites for hydroxylation is 1. The first-order valence-electron chi connectivity index (χ1n) is 26.2. The summed E-state index contributed by atoms with van der Waals surface area (Å²) in [6.45, 7) is 15.7. The van der Waals surface area contributed by atoms with Crippen molar-refractivity contribution in [2.45, 2.75) is 141 Å². The van der Waals surface area contributed by atoms with Gasteiger partial charge in [-0.15, -0.1) is 11.3 Å². The summed E-state index contributed by atoms with van der Waals surface area (Å²) >= 11 is 6.39. The van der Waals surface area contributed by atoms with E-state index in [9.17, 15) is 24.0 Å². The number of aromatic nitrogens is 3. The Kier molecular flexibility index (Phi) is 15.5. The number of allylic oxidation sites excluding steroid dienone is 1. The molecule has 0 spiro atoms. The predicted octanol–water partition coefficient (Wildman–Crippen LogP) is 6.88. The van der Waals surface area contributed by atoms with Gasteiger partial charge in [0, 0.05) is 98.9 Å². The van der Waals surface area contributed by atoms with Crippen LogP contribution >= 0.6 is 24.0 Å². The summed E-state index contributed by atoms with van der Waals surface area (Å²) in [7, 11) is 3.27. The van der Waals surface area contributed by atoms with Gasteiger partial charge < -0.3 is 29.2 Å². The van der Waals surface area contributed by atoms with Crippen LogP contribution in [0.3, 0.4) is 0 Å². The van der Waals surface area contributed by atoms with Crippen molar-refractivity contribution in [1.29, 1.82) is 0 Å². The van der Waals surface area contributed by atoms with Gasteiger partial charge >= 0.3 is 5.97 Å². The van der Waals surface area contributed by atoms with Gasteiger partial charge in [-0.25, -0.2) is 10.4 Å². The van der Waals surface area contributed by atoms with E-state index in [0.29, 0.717) is 57.4 Å². The highest BCUT2D eigenvalue weighted by atomic mass is 32.1. The third-order valence-electron chi connectivity index (χ3n) is 15.6. The number of fused-ring (bicyclic) bond motifs is 6. The molecule has 6 bridgehead atoms. The molecule has 1 aliphatic carbocycles. The number of hydrogen-bond acceptors (Lipinski definition) is 13. The number of esters is 1. The monoisotopic (exact) mass is 1050 g/mol. The highest BCUT2D eigenvalue weighted by Gasteiger charge is 2.47. The topological polar surface area (TPSA) is 172 Å². The highest BCUT2D eigenvalue weighted by molar-refractivity contribution is 7.82. The number of amides is 4. The molecule has 5 aliphatic rings. The van der Waals surface area contributed by atoms with Crippen molar-refractivity contribution in [2.24, 2.45) is 5.41 Å². The first-order valence-corrected chi connectivity index (χ1v) is 27.6. The summed E-state index contributed by atoms with van der Waals surface area (Å²) in [4.78, 5) is 87.1. The molecule has 2 N–H and O–H groups in total. The lowest BCUT2D eigenvalue weighted by molar-refractivity contribution is -0.155. The third-order valence-corrected chi connectivity index (χ3v) is 17.1. The van der Waals surface area contributed by atoms with Crippen molar-refractivity contribution in [3.8, 4) is 33.7 Å². The van der Waals surface area contributed by atoms with Crippen LogP contribution in [0.1, 0.15) is 116 Å². The minimum absolute atomic E-state index is 0.0368. The first-order chi connectivity index (χ1) is 35.3. The maximum atomic E-state index is 15.0. The summed E-state index contributed by atoms with van der Waals surface area (Å²) in [6, 6.07) is 8.48. The molecule has 4 atom stereocenters. The fourth-order valence-electron chi connectivity index (χ4n) is 11.2. The quantitative estimate of drug-likeness (QED) is 0.0692. The maximum absolute atomic E-state index is 15.0. The number of ether oxygens (including phenoxy) is 2. The minimum Gasteiger partial charge on any atom is -0.464 e. The summed E-state index contributed by atoms with van der Waals surface area (Å²) in [5.41, 5.74) is 9.67. The van der Waals surface area contributed by atoms with Crippen LogP contribution in [0.25, 0.3) is 32.7 Å². The van der Waals surface area contributed by atoms with Crippen molar-refractivity contribution in [3.05, 3.63) is 70.1 Å². The van der Waals surface area contributed by atoms with E-state index in [1.165, 1.54) is 21.2 Å². The zero-order valence-electron chi connectivity index (χ0n) is 44.1. The fourth-order valence-corrected chi connectivity index (χ4v) is 12.4. The van der Waals surface area contributed by atoms with Crippen LogP contribution in [-0.2, 0) is 52.8 Å². The van der Waals surface area contributed by atoms with Crippen LogP contribution < -0.4 is 10.7 Å². The van der Waals surface area contributed by atoms with Gasteiger partial charge in [-0.1, -0.05) is 19.8 Å². The second-order valence-corrected chi connectivity index (χ2v) is 23.6. The standard InChI is InChI=1S/C56H71N9O7S2/c1-9-64-44-20-19-37-29-40(44)41(48(64)39-17-12-24-57-46(39)35(2)71-8)31-54(3,4)34-72-52(69)42-18-13-27-65(60-42)51(68)43(30-38-32-74-50(37)58-38)59-49(67)47(36-15-10-11-16-36)61(7)53(70)56(73)23-28-62(33-56)45(66)21-22-55(5,6)63-25-14-26-63/h12,17,19-20,24,29,32,35,42-43,60,73H,9-11,13-16,18,23,25-28,30-31,33-34H2,1-8H3,(H,59,67)/t35-,42-,43-,56?/m0/s1. The number of cyclic esters (lactones) is 1. The molecule has 1 saturated carbocycles. The lowest BCUT2D eigenvalue weighted by Crippen LogP contribution is -2.61. The van der Waals surface area contributed by atoms with Crippen LogP contribution in [0, 0.1) is 17.3 Å². The summed E-state index contributed by atoms with van der Waals surface area (Å²) in [5, 5.41) is 8.21. The Bertz CT molecular complexity index is 2940. The van der Waals surface area contributed by atoms with E-state index in [1.807, 2.05) is 32.2 Å². The lowest BCUT2D eigenvalue weighted by Gasteiger charge is -2.41. The molecule has 16 nitrogen and oxygen atoms in total. The van der Waals surface area contributed by atoms with Gasteiger partial charge in [0.1, 0.15) is 27.5 Å². The minimum atomic E-state index is -1.28. The number of likely N-dealkylation sites (tertiary alicyclic amines) is 2. The number of methoxy groups -OCH3 is 1. The molecule has 4 fully saturated rings. The van der Waals surface area contributed by atoms with E-state index in [1.54, 1.807) is 25.3 Å². The molecule has 0 radical (unpaired) electrons. The number of thiazole rings is 1. The normalized spacial score (nSPS) is 22.9. The van der Waals surface area contributed by atoms with Gasteiger partial charge in [0.15, 0.2) is 0 Å². The number of likely N-dealkylation sites (N-methyl/N-ethyl adjacent to an activating group) is 1. The average molecular weight is 1050 g/mol. The van der Waals surface area contributed by atoms with E-state index in [-0.39, 0.29) is 43.7 Å². The molecule has 74 heavy (non-hydrogen) atoms. The average Bonchev–Trinajstić information content (AvgIpc) is 4.21. The largest absolute Gasteiger partial charge is 0.464 e. The number of nitrogens with zero attached hydrogens (tertiary/aromatic N) is 7. The molecule has 1 unspecified atom stereocenters. The number of carbonyl (C=O) groups is 5. The molecule has 1 aromatic carbocycles. The molecule has 4 amide bonds. The second kappa shape index (κ2) is 21.6. The zero-order chi connectivity index (χ0) is 52.7. The van der Waals surface area contributed by atoms with Crippen molar-refractivity contribution in [3.63, 3.8) is 0 Å². The summed E-state index contributed by atoms with van der Waals surface area (Å²) in [6.07, 6.45) is 7.42. The SMILES string of the molecule is CCn1c(-c2cccnc2[C@H](C)OC)c2c3cc(ccc31)-c1nc(cs1)C[C@H](NC(=O)C(=C1CCCC1)N(C)C(=O)C1(S)CCN(C(=O)C#CC(C)(C)N3CCC3)C1)C(=O)N1CCC[C@H](N1)C(=O)OCC(C)(C)C2. The first kappa shape index (κ1) is 53.3. The summed E-state index contributed by atoms with van der Waals surface area (Å²) in [5.74, 6) is 3.72. The van der Waals surface area contributed by atoms with E-state index in [4.69, 9.17) is 32.1 Å². The Labute approximate surface area is 444 Å². The van der Waals surface area contributed by atoms with Gasteiger partial charge in [0.05, 0.1) is 35.3 Å². The number of rotatable bonds is 9. The molecule has 3 aromatic heterocycles. The van der Waals surface area contributed by atoms with Crippen molar-refractivity contribution >= 4 is 64.5 Å². The predicted molar refractivity (Wildman–Crippen MR) is 289 cm³/mol. The van der Waals surface area contributed by atoms with Crippen molar-refractivity contribution in [1.82, 2.24) is 45.0 Å². The smallest absolute Gasteiger partial charge is 0.324 e. The number of hydrogen-bond donors (Lipinski definition) is 3. The zero-order valence-corrected chi connectivity index (χ0v) is 45.8. The highest BCUT2D eigenvalue weighted by Crippen LogP contribution is 2.42. The third kappa shape index (κ3) is 10.8. The maximum Gasteiger partial charge on any atom is 0.324 e. The lowest BCUT2D eigenvalue weighted by atomic mass is 9.84. The molecule has 394 valence electrons. The van der Waals surface area contributed by atoms with Crippen LogP contribution in [0.15, 0.2) is 53.2 Å². The molecular formula is C56H71N9O7S2. The molecule has 4 aromatic rings. The van der Waals surface area contributed by atoms with E-state index >= 15 is 0 Å². The summed E-state index contributed by atoms with van der Waals surface area (Å²) < 4.78 is 13.0. The van der Waals surface area contributed by atoms with Crippen LogP contribution in [0.4, 0.5) is 0 Å². The molecule has 3 saturated heterocycles. The van der Waals surface area contributed by atoms with Gasteiger partial charge in [-0.05, 0) is 133 Å². The number of benzene rings is 1. The van der Waals surface area contributed by atoms with Gasteiger partial charge in [-0.2, -0.15) is 12.6 Å². The molecule has 4 aliphatic heterocycles. The van der Waals surface area contributed by atoms with Crippen LogP contribution in [0.5, 0.6) is 0 Å². The van der Waals surface area contributed by atoms with E-state index < -0.39 is 51.5 Å². The van der Waals surface area contributed by atoms with Crippen LogP contribution in [0.2, 0.25) is 0 Å². The van der Waals surface area contributed by atoms with Crippen LogP contribution in [-0.4, -0.2) is 140 Å². The molecule has 9 rings (SSSR count).